The molecule has 1 aromatic carbocycles. The van der Waals surface area contributed by atoms with Crippen LogP contribution in [0.2, 0.25) is 0 Å². The fourth-order valence-corrected chi connectivity index (χ4v) is 2.75. The lowest BCUT2D eigenvalue weighted by Crippen LogP contribution is -2.13. The summed E-state index contributed by atoms with van der Waals surface area (Å²) in [5.41, 5.74) is 3.17. The molecule has 2 N–H and O–H groups in total. The van der Waals surface area contributed by atoms with Crippen molar-refractivity contribution in [2.75, 3.05) is 0 Å². The SMILES string of the molecule is OCc1cccc(CNCc2cn3ccsc3n2)c1. The summed E-state index contributed by atoms with van der Waals surface area (Å²) in [4.78, 5) is 5.54. The van der Waals surface area contributed by atoms with E-state index in [2.05, 4.69) is 16.4 Å². The van der Waals surface area contributed by atoms with Gasteiger partial charge in [-0.05, 0) is 11.1 Å². The van der Waals surface area contributed by atoms with Crippen LogP contribution in [0.1, 0.15) is 16.8 Å². The van der Waals surface area contributed by atoms with Crippen molar-refractivity contribution >= 4 is 16.3 Å². The van der Waals surface area contributed by atoms with E-state index in [1.165, 1.54) is 5.56 Å². The summed E-state index contributed by atoms with van der Waals surface area (Å²) in [7, 11) is 0. The van der Waals surface area contributed by atoms with E-state index >= 15 is 0 Å². The van der Waals surface area contributed by atoms with E-state index in [1.807, 2.05) is 40.4 Å². The lowest BCUT2D eigenvalue weighted by molar-refractivity contribution is 0.281. The molecule has 3 aromatic rings. The molecule has 3 rings (SSSR count). The van der Waals surface area contributed by atoms with Crippen molar-refractivity contribution in [1.29, 1.82) is 0 Å². The van der Waals surface area contributed by atoms with Gasteiger partial charge in [-0.1, -0.05) is 24.3 Å². The largest absolute Gasteiger partial charge is 0.392 e. The van der Waals surface area contributed by atoms with Gasteiger partial charge in [0.25, 0.3) is 0 Å². The van der Waals surface area contributed by atoms with Gasteiger partial charge in [-0.25, -0.2) is 4.98 Å². The van der Waals surface area contributed by atoms with Crippen LogP contribution in [0.4, 0.5) is 0 Å². The van der Waals surface area contributed by atoms with Crippen LogP contribution in [-0.4, -0.2) is 14.5 Å². The normalized spacial score (nSPS) is 11.2. The van der Waals surface area contributed by atoms with Crippen LogP contribution >= 0.6 is 11.3 Å². The van der Waals surface area contributed by atoms with Gasteiger partial charge in [0.15, 0.2) is 4.96 Å². The first kappa shape index (κ1) is 12.3. The second-order valence-electron chi connectivity index (χ2n) is 4.41. The molecule has 0 bridgehead atoms. The van der Waals surface area contributed by atoms with Crippen molar-refractivity contribution in [1.82, 2.24) is 14.7 Å². The number of imidazole rings is 1. The lowest BCUT2D eigenvalue weighted by Gasteiger charge is -2.04. The molecule has 0 unspecified atom stereocenters. The van der Waals surface area contributed by atoms with Crippen LogP contribution in [0.25, 0.3) is 4.96 Å². The van der Waals surface area contributed by atoms with Crippen molar-refractivity contribution in [3.8, 4) is 0 Å². The van der Waals surface area contributed by atoms with E-state index in [9.17, 15) is 0 Å². The number of rotatable bonds is 5. The Balaban J connectivity index is 1.59. The fourth-order valence-electron chi connectivity index (χ4n) is 2.03. The summed E-state index contributed by atoms with van der Waals surface area (Å²) >= 11 is 1.64. The molecule has 2 aromatic heterocycles. The summed E-state index contributed by atoms with van der Waals surface area (Å²) < 4.78 is 2.04. The summed E-state index contributed by atoms with van der Waals surface area (Å²) in [6.07, 6.45) is 4.06. The predicted molar refractivity (Wildman–Crippen MR) is 76.0 cm³/mol. The molecule has 0 saturated heterocycles. The van der Waals surface area contributed by atoms with Crippen molar-refractivity contribution in [3.63, 3.8) is 0 Å². The minimum absolute atomic E-state index is 0.0885. The molecule has 0 aliphatic heterocycles. The maximum atomic E-state index is 9.09. The lowest BCUT2D eigenvalue weighted by atomic mass is 10.1. The van der Waals surface area contributed by atoms with Crippen LogP contribution in [0, 0.1) is 0 Å². The standard InChI is InChI=1S/C14H15N3OS/c18-10-12-3-1-2-11(6-12)7-15-8-13-9-17-4-5-19-14(17)16-13/h1-6,9,15,18H,7-8,10H2. The zero-order valence-corrected chi connectivity index (χ0v) is 11.2. The van der Waals surface area contributed by atoms with E-state index < -0.39 is 0 Å². The van der Waals surface area contributed by atoms with E-state index in [-0.39, 0.29) is 6.61 Å². The highest BCUT2D eigenvalue weighted by Gasteiger charge is 2.02. The van der Waals surface area contributed by atoms with E-state index in [1.54, 1.807) is 11.3 Å². The topological polar surface area (TPSA) is 49.6 Å². The van der Waals surface area contributed by atoms with Crippen LogP contribution in [0.3, 0.4) is 0 Å². The van der Waals surface area contributed by atoms with Crippen molar-refractivity contribution in [3.05, 3.63) is 58.9 Å². The molecular weight excluding hydrogens is 258 g/mol. The number of nitrogens with one attached hydrogen (secondary N) is 1. The Hall–Kier alpha value is -1.69. The molecule has 4 nitrogen and oxygen atoms in total. The third kappa shape index (κ3) is 2.84. The Morgan fingerprint density at radius 1 is 1.26 bits per heavy atom. The molecule has 2 heterocycles. The highest BCUT2D eigenvalue weighted by Crippen LogP contribution is 2.11. The molecular formula is C14H15N3OS. The summed E-state index contributed by atoms with van der Waals surface area (Å²) in [5.74, 6) is 0. The summed E-state index contributed by atoms with van der Waals surface area (Å²) in [6, 6.07) is 7.96. The van der Waals surface area contributed by atoms with Gasteiger partial charge in [-0.3, -0.25) is 4.40 Å². The highest BCUT2D eigenvalue weighted by atomic mass is 32.1. The maximum absolute atomic E-state index is 9.09. The predicted octanol–water partition coefficient (Wildman–Crippen LogP) is 2.18. The van der Waals surface area contributed by atoms with E-state index in [0.29, 0.717) is 0 Å². The number of aliphatic hydroxyl groups is 1. The smallest absolute Gasteiger partial charge is 0.193 e. The van der Waals surface area contributed by atoms with Gasteiger partial charge in [0.2, 0.25) is 0 Å². The third-order valence-electron chi connectivity index (χ3n) is 2.95. The first-order valence-corrected chi connectivity index (χ1v) is 7.03. The van der Waals surface area contributed by atoms with Crippen LogP contribution in [0.15, 0.2) is 42.0 Å². The van der Waals surface area contributed by atoms with Gasteiger partial charge in [-0.2, -0.15) is 0 Å². The monoisotopic (exact) mass is 273 g/mol. The molecule has 0 atom stereocenters. The minimum Gasteiger partial charge on any atom is -0.392 e. The van der Waals surface area contributed by atoms with Gasteiger partial charge >= 0.3 is 0 Å². The van der Waals surface area contributed by atoms with Crippen LogP contribution in [0.5, 0.6) is 0 Å². The Morgan fingerprint density at radius 2 is 2.16 bits per heavy atom. The first-order valence-electron chi connectivity index (χ1n) is 6.15. The molecule has 98 valence electrons. The molecule has 0 spiro atoms. The molecule has 0 fully saturated rings. The number of aromatic nitrogens is 2. The quantitative estimate of drug-likeness (QED) is 0.749. The van der Waals surface area contributed by atoms with E-state index in [4.69, 9.17) is 5.11 Å². The minimum atomic E-state index is 0.0885. The Bertz CT molecular complexity index is 645. The number of thiazole rings is 1. The van der Waals surface area contributed by atoms with E-state index in [0.717, 1.165) is 29.3 Å². The van der Waals surface area contributed by atoms with Gasteiger partial charge in [0.1, 0.15) is 0 Å². The molecule has 0 saturated carbocycles. The molecule has 0 aliphatic rings. The second-order valence-corrected chi connectivity index (χ2v) is 5.28. The zero-order valence-electron chi connectivity index (χ0n) is 10.4. The number of nitrogens with zero attached hydrogens (tertiary/aromatic N) is 2. The van der Waals surface area contributed by atoms with Gasteiger partial charge < -0.3 is 10.4 Å². The van der Waals surface area contributed by atoms with Crippen LogP contribution in [-0.2, 0) is 19.7 Å². The number of hydrogen-bond acceptors (Lipinski definition) is 4. The highest BCUT2D eigenvalue weighted by molar-refractivity contribution is 7.15. The molecule has 0 amide bonds. The first-order chi connectivity index (χ1) is 9.35. The van der Waals surface area contributed by atoms with Crippen molar-refractivity contribution in [2.45, 2.75) is 19.7 Å². The summed E-state index contributed by atoms with van der Waals surface area (Å²) in [6.45, 7) is 1.61. The molecule has 5 heteroatoms. The van der Waals surface area contributed by atoms with Crippen LogP contribution < -0.4 is 5.32 Å². The number of benzene rings is 1. The number of fused-ring (bicyclic) bond motifs is 1. The third-order valence-corrected chi connectivity index (χ3v) is 3.72. The average Bonchev–Trinajstić information content (AvgIpc) is 3.00. The van der Waals surface area contributed by atoms with Gasteiger partial charge in [0, 0.05) is 30.9 Å². The Kier molecular flexibility index (Phi) is 3.59. The Labute approximate surface area is 115 Å². The average molecular weight is 273 g/mol. The zero-order chi connectivity index (χ0) is 13.1. The fraction of sp³-hybridized carbons (Fsp3) is 0.214. The molecule has 0 radical (unpaired) electrons. The second kappa shape index (κ2) is 5.52. The summed E-state index contributed by atoms with van der Waals surface area (Å²) in [5, 5.41) is 14.5. The van der Waals surface area contributed by atoms with Gasteiger partial charge in [-0.15, -0.1) is 11.3 Å². The Morgan fingerprint density at radius 3 is 3.00 bits per heavy atom. The number of aliphatic hydroxyl groups excluding tert-OH is 1. The maximum Gasteiger partial charge on any atom is 0.193 e. The van der Waals surface area contributed by atoms with Crippen molar-refractivity contribution < 1.29 is 5.11 Å². The number of hydrogen-bond donors (Lipinski definition) is 2. The molecule has 19 heavy (non-hydrogen) atoms. The molecule has 0 aliphatic carbocycles. The van der Waals surface area contributed by atoms with Gasteiger partial charge in [0.05, 0.1) is 12.3 Å². The van der Waals surface area contributed by atoms with Crippen molar-refractivity contribution in [2.24, 2.45) is 0 Å².